The smallest absolute Gasteiger partial charge is 0.414 e. The Bertz CT molecular complexity index is 367. The highest BCUT2D eigenvalue weighted by Crippen LogP contribution is 2.36. The van der Waals surface area contributed by atoms with E-state index in [2.05, 4.69) is 46.2 Å². The summed E-state index contributed by atoms with van der Waals surface area (Å²) in [7, 11) is -1.79. The summed E-state index contributed by atoms with van der Waals surface area (Å²) < 4.78 is 11.1. The van der Waals surface area contributed by atoms with E-state index in [0.717, 1.165) is 0 Å². The van der Waals surface area contributed by atoms with Gasteiger partial charge >= 0.3 is 6.09 Å². The second kappa shape index (κ2) is 5.30. The number of carbonyl (C=O) groups is 1. The van der Waals surface area contributed by atoms with E-state index < -0.39 is 8.32 Å². The first-order valence-electron chi connectivity index (χ1n) is 6.14. The quantitative estimate of drug-likeness (QED) is 0.581. The molecule has 1 fully saturated rings. The molecule has 1 rings (SSSR count). The van der Waals surface area contributed by atoms with Gasteiger partial charge in [-0.25, -0.2) is 4.79 Å². The van der Waals surface area contributed by atoms with Crippen molar-refractivity contribution in [3.63, 3.8) is 0 Å². The first kappa shape index (κ1) is 15.0. The Balaban J connectivity index is 2.64. The van der Waals surface area contributed by atoms with Gasteiger partial charge in [0.25, 0.3) is 0 Å². The van der Waals surface area contributed by atoms with E-state index in [1.165, 1.54) is 11.1 Å². The van der Waals surface area contributed by atoms with E-state index in [1.54, 1.807) is 0 Å². The average Bonchev–Trinajstić information content (AvgIpc) is 2.57. The third-order valence-electron chi connectivity index (χ3n) is 3.68. The van der Waals surface area contributed by atoms with Crippen molar-refractivity contribution in [1.82, 2.24) is 4.90 Å². The molecule has 102 valence electrons. The van der Waals surface area contributed by atoms with E-state index in [9.17, 15) is 4.79 Å². The number of cyclic esters (lactones) is 1. The number of amides is 1. The molecule has 18 heavy (non-hydrogen) atoms. The molecule has 1 aliphatic heterocycles. The van der Waals surface area contributed by atoms with E-state index in [4.69, 9.17) is 9.16 Å². The van der Waals surface area contributed by atoms with Crippen molar-refractivity contribution in [3.8, 4) is 0 Å². The molecule has 1 heterocycles. The van der Waals surface area contributed by atoms with Gasteiger partial charge in [-0.05, 0) is 18.1 Å². The zero-order valence-electron chi connectivity index (χ0n) is 11.9. The Morgan fingerprint density at radius 1 is 1.61 bits per heavy atom. The second-order valence-electron chi connectivity index (χ2n) is 6.04. The van der Waals surface area contributed by atoms with Gasteiger partial charge in [0.05, 0.1) is 18.8 Å². The number of hydrogen-bond acceptors (Lipinski definition) is 3. The van der Waals surface area contributed by atoms with Crippen LogP contribution in [-0.4, -0.2) is 38.6 Å². The van der Waals surface area contributed by atoms with Crippen molar-refractivity contribution in [2.24, 2.45) is 0 Å². The second-order valence-corrected chi connectivity index (χ2v) is 10.9. The number of carbonyl (C=O) groups excluding carboxylic acids is 1. The lowest BCUT2D eigenvalue weighted by Crippen LogP contribution is -2.44. The molecule has 5 heteroatoms. The number of rotatable bonds is 4. The van der Waals surface area contributed by atoms with E-state index in [-0.39, 0.29) is 17.2 Å². The molecule has 0 bridgehead atoms. The Labute approximate surface area is 110 Å². The van der Waals surface area contributed by atoms with E-state index in [0.29, 0.717) is 13.2 Å². The molecule has 1 saturated heterocycles. The van der Waals surface area contributed by atoms with Crippen LogP contribution in [0, 0.1) is 0 Å². The van der Waals surface area contributed by atoms with Gasteiger partial charge in [0.15, 0.2) is 8.32 Å². The highest BCUT2D eigenvalue weighted by Gasteiger charge is 2.39. The Morgan fingerprint density at radius 2 is 2.22 bits per heavy atom. The van der Waals surface area contributed by atoms with Crippen molar-refractivity contribution in [2.75, 3.05) is 13.2 Å². The lowest BCUT2D eigenvalue weighted by molar-refractivity contribution is 0.166. The largest absolute Gasteiger partial charge is 0.447 e. The molecular weight excluding hydrogens is 246 g/mol. The fourth-order valence-corrected chi connectivity index (χ4v) is 2.42. The van der Waals surface area contributed by atoms with Gasteiger partial charge in [0, 0.05) is 0 Å². The summed E-state index contributed by atoms with van der Waals surface area (Å²) >= 11 is 0. The zero-order chi connectivity index (χ0) is 14.0. The molecule has 1 atom stereocenters. The van der Waals surface area contributed by atoms with Crippen LogP contribution < -0.4 is 0 Å². The fraction of sp³-hybridized carbons (Fsp3) is 0.692. The summed E-state index contributed by atoms with van der Waals surface area (Å²) in [5.41, 5.74) is 2.60. The van der Waals surface area contributed by atoms with Gasteiger partial charge in [0.2, 0.25) is 0 Å². The van der Waals surface area contributed by atoms with Crippen molar-refractivity contribution < 1.29 is 14.0 Å². The predicted molar refractivity (Wildman–Crippen MR) is 73.8 cm³/mol. The molecule has 0 saturated carbocycles. The van der Waals surface area contributed by atoms with Gasteiger partial charge in [0.1, 0.15) is 6.61 Å². The van der Waals surface area contributed by atoms with Crippen LogP contribution in [0.15, 0.2) is 18.5 Å². The summed E-state index contributed by atoms with van der Waals surface area (Å²) in [5, 5.41) is 0.162. The first-order chi connectivity index (χ1) is 8.19. The summed E-state index contributed by atoms with van der Waals surface area (Å²) in [6, 6.07) is -0.0686. The topological polar surface area (TPSA) is 38.8 Å². The van der Waals surface area contributed by atoms with E-state index >= 15 is 0 Å². The SMILES string of the molecule is C=C=CN1C(=O)OC[C@@H]1CO[Si](C)(C)C(C)(C)C. The van der Waals surface area contributed by atoms with E-state index in [1.807, 2.05) is 0 Å². The van der Waals surface area contributed by atoms with Crippen molar-refractivity contribution in [1.29, 1.82) is 0 Å². The van der Waals surface area contributed by atoms with Crippen LogP contribution in [0.1, 0.15) is 20.8 Å². The third kappa shape index (κ3) is 3.25. The normalized spacial score (nSPS) is 20.6. The zero-order valence-corrected chi connectivity index (χ0v) is 12.9. The average molecular weight is 269 g/mol. The van der Waals surface area contributed by atoms with Gasteiger partial charge in [-0.2, -0.15) is 0 Å². The summed E-state index contributed by atoms with van der Waals surface area (Å²) in [6.45, 7) is 15.3. The summed E-state index contributed by atoms with van der Waals surface area (Å²) in [6.07, 6.45) is 1.17. The molecule has 0 aliphatic carbocycles. The molecule has 4 nitrogen and oxygen atoms in total. The predicted octanol–water partition coefficient (Wildman–Crippen LogP) is 3.13. The highest BCUT2D eigenvalue weighted by molar-refractivity contribution is 6.74. The monoisotopic (exact) mass is 269 g/mol. The minimum Gasteiger partial charge on any atom is -0.447 e. The lowest BCUT2D eigenvalue weighted by Gasteiger charge is -2.37. The molecular formula is C13H23NO3Si. The number of hydrogen-bond donors (Lipinski definition) is 0. The maximum absolute atomic E-state index is 11.5. The standard InChI is InChI=1S/C13H23NO3Si/c1-7-8-14-11(9-16-12(14)15)10-17-18(5,6)13(2,3)4/h8,11H,1,9-10H2,2-6H3/t11-/m1/s1. The Morgan fingerprint density at radius 3 is 2.72 bits per heavy atom. The highest BCUT2D eigenvalue weighted by atomic mass is 28.4. The van der Waals surface area contributed by atoms with Crippen molar-refractivity contribution in [2.45, 2.75) is 44.9 Å². The molecule has 0 unspecified atom stereocenters. The molecule has 0 N–H and O–H groups in total. The molecule has 0 aromatic carbocycles. The maximum atomic E-state index is 11.5. The van der Waals surface area contributed by atoms with Crippen molar-refractivity contribution >= 4 is 14.4 Å². The molecule has 0 spiro atoms. The van der Waals surface area contributed by atoms with Gasteiger partial charge in [-0.15, -0.1) is 5.73 Å². The van der Waals surface area contributed by atoms with Crippen LogP contribution in [0.25, 0.3) is 0 Å². The molecule has 1 aliphatic rings. The molecule has 1 amide bonds. The fourth-order valence-electron chi connectivity index (χ4n) is 1.38. The van der Waals surface area contributed by atoms with Crippen LogP contribution in [0.4, 0.5) is 4.79 Å². The van der Waals surface area contributed by atoms with Crippen LogP contribution in [0.5, 0.6) is 0 Å². The van der Waals surface area contributed by atoms with Crippen molar-refractivity contribution in [3.05, 3.63) is 18.5 Å². The Hall–Kier alpha value is -1.03. The summed E-state index contributed by atoms with van der Waals surface area (Å²) in [4.78, 5) is 13.0. The number of ether oxygens (including phenoxy) is 1. The minimum atomic E-state index is -1.79. The first-order valence-corrected chi connectivity index (χ1v) is 9.05. The van der Waals surface area contributed by atoms with Gasteiger partial charge in [-0.1, -0.05) is 27.4 Å². The Kier molecular flexibility index (Phi) is 4.43. The lowest BCUT2D eigenvalue weighted by atomic mass is 10.2. The van der Waals surface area contributed by atoms with Gasteiger partial charge in [-0.3, -0.25) is 4.90 Å². The van der Waals surface area contributed by atoms with Crippen LogP contribution in [-0.2, 0) is 9.16 Å². The maximum Gasteiger partial charge on any atom is 0.414 e. The summed E-state index contributed by atoms with van der Waals surface area (Å²) in [5.74, 6) is 0. The minimum absolute atomic E-state index is 0.0686. The van der Waals surface area contributed by atoms with Gasteiger partial charge < -0.3 is 9.16 Å². The van der Waals surface area contributed by atoms with Crippen LogP contribution in [0.2, 0.25) is 18.1 Å². The molecule has 0 aromatic rings. The molecule has 0 aromatic heterocycles. The molecule has 0 radical (unpaired) electrons. The van der Waals surface area contributed by atoms with Crippen LogP contribution >= 0.6 is 0 Å². The van der Waals surface area contributed by atoms with Crippen LogP contribution in [0.3, 0.4) is 0 Å². The third-order valence-corrected chi connectivity index (χ3v) is 8.18. The number of nitrogens with zero attached hydrogens (tertiary/aromatic N) is 1.